The van der Waals surface area contributed by atoms with E-state index in [9.17, 15) is 0 Å². The maximum Gasteiger partial charge on any atom is 0.229 e. The summed E-state index contributed by atoms with van der Waals surface area (Å²) in [6.07, 6.45) is 5.15. The molecule has 2 aromatic heterocycles. The molecule has 0 atom stereocenters. The minimum absolute atomic E-state index is 0.642. The molecule has 0 fully saturated rings. The third-order valence-corrected chi connectivity index (χ3v) is 2.95. The topological polar surface area (TPSA) is 54.8 Å². The van der Waals surface area contributed by atoms with Crippen LogP contribution in [0.3, 0.4) is 0 Å². The molecule has 98 valence electrons. The summed E-state index contributed by atoms with van der Waals surface area (Å²) in [6, 6.07) is 13.7. The molecular weight excluding hydrogens is 250 g/mol. The molecule has 5 nitrogen and oxygen atoms in total. The predicted octanol–water partition coefficient (Wildman–Crippen LogP) is 2.70. The number of nitrogens with zero attached hydrogens (tertiary/aromatic N) is 5. The largest absolute Gasteiger partial charge is 0.314 e. The molecule has 0 amide bonds. The van der Waals surface area contributed by atoms with Crippen LogP contribution in [0.25, 0.3) is 11.3 Å². The van der Waals surface area contributed by atoms with Crippen molar-refractivity contribution in [1.29, 1.82) is 0 Å². The molecule has 0 N–H and O–H groups in total. The highest BCUT2D eigenvalue weighted by molar-refractivity contribution is 5.59. The average molecular weight is 263 g/mol. The van der Waals surface area contributed by atoms with Crippen molar-refractivity contribution < 1.29 is 0 Å². The van der Waals surface area contributed by atoms with Crippen molar-refractivity contribution in [2.45, 2.75) is 0 Å². The fourth-order valence-electron chi connectivity index (χ4n) is 1.85. The molecule has 0 aliphatic heterocycles. The summed E-state index contributed by atoms with van der Waals surface area (Å²) in [5.74, 6) is 0.642. The van der Waals surface area contributed by atoms with Gasteiger partial charge in [-0.25, -0.2) is 9.97 Å². The summed E-state index contributed by atoms with van der Waals surface area (Å²) in [6.45, 7) is 0. The van der Waals surface area contributed by atoms with E-state index < -0.39 is 0 Å². The average Bonchev–Trinajstić information content (AvgIpc) is 2.56. The first-order valence-electron chi connectivity index (χ1n) is 6.23. The molecule has 0 aliphatic rings. The standard InChI is InChI=1S/C15H13N5/c1-20(13-6-3-2-4-7-13)15-16-10-12(11-17-15)14-8-5-9-18-19-14/h2-11H,1H3. The zero-order valence-corrected chi connectivity index (χ0v) is 11.0. The van der Waals surface area contributed by atoms with Crippen molar-refractivity contribution in [3.05, 3.63) is 61.1 Å². The van der Waals surface area contributed by atoms with Crippen LogP contribution in [-0.2, 0) is 0 Å². The lowest BCUT2D eigenvalue weighted by Gasteiger charge is -2.16. The highest BCUT2D eigenvalue weighted by Gasteiger charge is 2.07. The summed E-state index contributed by atoms with van der Waals surface area (Å²) >= 11 is 0. The Labute approximate surface area is 117 Å². The SMILES string of the molecule is CN(c1ccccc1)c1ncc(-c2cccnn2)cn1. The van der Waals surface area contributed by atoms with Crippen molar-refractivity contribution in [2.75, 3.05) is 11.9 Å². The third-order valence-electron chi connectivity index (χ3n) is 2.95. The molecule has 0 saturated heterocycles. The Bertz CT molecular complexity index is 668. The van der Waals surface area contributed by atoms with Gasteiger partial charge in [0.2, 0.25) is 5.95 Å². The highest BCUT2D eigenvalue weighted by Crippen LogP contribution is 2.20. The van der Waals surface area contributed by atoms with Gasteiger partial charge in [0.1, 0.15) is 0 Å². The Kier molecular flexibility index (Phi) is 3.33. The molecule has 5 heteroatoms. The molecule has 3 rings (SSSR count). The Hall–Kier alpha value is -2.82. The smallest absolute Gasteiger partial charge is 0.229 e. The Morgan fingerprint density at radius 2 is 1.65 bits per heavy atom. The van der Waals surface area contributed by atoms with Gasteiger partial charge < -0.3 is 4.90 Å². The van der Waals surface area contributed by atoms with E-state index in [1.54, 1.807) is 18.6 Å². The van der Waals surface area contributed by atoms with Crippen LogP contribution in [0.15, 0.2) is 61.1 Å². The van der Waals surface area contributed by atoms with Crippen molar-refractivity contribution in [3.8, 4) is 11.3 Å². The van der Waals surface area contributed by atoms with Crippen molar-refractivity contribution in [3.63, 3.8) is 0 Å². The summed E-state index contributed by atoms with van der Waals surface area (Å²) < 4.78 is 0. The van der Waals surface area contributed by atoms with Gasteiger partial charge in [0.05, 0.1) is 5.69 Å². The minimum Gasteiger partial charge on any atom is -0.314 e. The first-order valence-corrected chi connectivity index (χ1v) is 6.23. The lowest BCUT2D eigenvalue weighted by Crippen LogP contribution is -2.12. The minimum atomic E-state index is 0.642. The first kappa shape index (κ1) is 12.2. The molecule has 1 aromatic carbocycles. The van der Waals surface area contributed by atoms with E-state index in [1.807, 2.05) is 54.4 Å². The van der Waals surface area contributed by atoms with Crippen LogP contribution in [-0.4, -0.2) is 27.2 Å². The summed E-state index contributed by atoms with van der Waals surface area (Å²) in [4.78, 5) is 10.7. The second-order valence-corrected chi connectivity index (χ2v) is 4.28. The number of para-hydroxylation sites is 1. The number of hydrogen-bond donors (Lipinski definition) is 0. The van der Waals surface area contributed by atoms with Gasteiger partial charge in [0.25, 0.3) is 0 Å². The molecule has 0 aliphatic carbocycles. The van der Waals surface area contributed by atoms with E-state index in [0.29, 0.717) is 5.95 Å². The van der Waals surface area contributed by atoms with E-state index in [2.05, 4.69) is 20.2 Å². The fraction of sp³-hybridized carbons (Fsp3) is 0.0667. The van der Waals surface area contributed by atoms with E-state index in [1.165, 1.54) is 0 Å². The van der Waals surface area contributed by atoms with E-state index >= 15 is 0 Å². The van der Waals surface area contributed by atoms with Crippen LogP contribution in [0.2, 0.25) is 0 Å². The Morgan fingerprint density at radius 1 is 0.900 bits per heavy atom. The van der Waals surface area contributed by atoms with Crippen LogP contribution in [0.1, 0.15) is 0 Å². The maximum atomic E-state index is 4.38. The van der Waals surface area contributed by atoms with E-state index in [-0.39, 0.29) is 0 Å². The summed E-state index contributed by atoms with van der Waals surface area (Å²) in [5.41, 5.74) is 2.66. The van der Waals surface area contributed by atoms with E-state index in [0.717, 1.165) is 16.9 Å². The molecule has 0 spiro atoms. The zero-order chi connectivity index (χ0) is 13.8. The van der Waals surface area contributed by atoms with Crippen LogP contribution < -0.4 is 4.90 Å². The van der Waals surface area contributed by atoms with Gasteiger partial charge in [-0.05, 0) is 24.3 Å². The quantitative estimate of drug-likeness (QED) is 0.727. The summed E-state index contributed by atoms with van der Waals surface area (Å²) in [7, 11) is 1.94. The number of benzene rings is 1. The molecule has 0 bridgehead atoms. The molecule has 20 heavy (non-hydrogen) atoms. The number of hydrogen-bond acceptors (Lipinski definition) is 5. The van der Waals surface area contributed by atoms with Crippen molar-refractivity contribution >= 4 is 11.6 Å². The lowest BCUT2D eigenvalue weighted by molar-refractivity contribution is 1.02. The number of rotatable bonds is 3. The van der Waals surface area contributed by atoms with Crippen LogP contribution in [0, 0.1) is 0 Å². The third kappa shape index (κ3) is 2.47. The summed E-state index contributed by atoms with van der Waals surface area (Å²) in [5, 5.41) is 7.89. The van der Waals surface area contributed by atoms with Gasteiger partial charge in [-0.15, -0.1) is 0 Å². The Morgan fingerprint density at radius 3 is 2.30 bits per heavy atom. The molecule has 0 saturated carbocycles. The Balaban J connectivity index is 1.87. The van der Waals surface area contributed by atoms with Crippen molar-refractivity contribution in [1.82, 2.24) is 20.2 Å². The zero-order valence-electron chi connectivity index (χ0n) is 11.0. The van der Waals surface area contributed by atoms with Gasteiger partial charge in [-0.1, -0.05) is 18.2 Å². The van der Waals surface area contributed by atoms with E-state index in [4.69, 9.17) is 0 Å². The molecular formula is C15H13N5. The normalized spacial score (nSPS) is 10.2. The number of anilines is 2. The van der Waals surface area contributed by atoms with Crippen molar-refractivity contribution in [2.24, 2.45) is 0 Å². The molecule has 0 radical (unpaired) electrons. The van der Waals surface area contributed by atoms with Gasteiger partial charge in [0.15, 0.2) is 0 Å². The second kappa shape index (κ2) is 5.44. The van der Waals surface area contributed by atoms with Crippen LogP contribution in [0.4, 0.5) is 11.6 Å². The van der Waals surface area contributed by atoms with Gasteiger partial charge >= 0.3 is 0 Å². The number of aromatic nitrogens is 4. The first-order chi connectivity index (χ1) is 9.84. The van der Waals surface area contributed by atoms with Gasteiger partial charge in [-0.3, -0.25) is 0 Å². The highest BCUT2D eigenvalue weighted by atomic mass is 15.2. The molecule has 0 unspecified atom stereocenters. The van der Waals surface area contributed by atoms with Crippen LogP contribution >= 0.6 is 0 Å². The van der Waals surface area contributed by atoms with Crippen LogP contribution in [0.5, 0.6) is 0 Å². The fourth-order valence-corrected chi connectivity index (χ4v) is 1.85. The van der Waals surface area contributed by atoms with Gasteiger partial charge in [-0.2, -0.15) is 10.2 Å². The lowest BCUT2D eigenvalue weighted by atomic mass is 10.2. The van der Waals surface area contributed by atoms with Gasteiger partial charge in [0, 0.05) is 36.9 Å². The maximum absolute atomic E-state index is 4.38. The monoisotopic (exact) mass is 263 g/mol. The molecule has 2 heterocycles. The molecule has 3 aromatic rings. The predicted molar refractivity (Wildman–Crippen MR) is 77.6 cm³/mol. The second-order valence-electron chi connectivity index (χ2n) is 4.28.